The number of aromatic nitrogens is 2. The van der Waals surface area contributed by atoms with Gasteiger partial charge in [0.2, 0.25) is 5.91 Å². The number of amides is 2. The van der Waals surface area contributed by atoms with E-state index in [1.165, 1.54) is 0 Å². The Morgan fingerprint density at radius 1 is 1.19 bits per heavy atom. The van der Waals surface area contributed by atoms with E-state index in [0.29, 0.717) is 17.9 Å². The maximum Gasteiger partial charge on any atom is 0.269 e. The highest BCUT2D eigenvalue weighted by Crippen LogP contribution is 2.28. The third kappa shape index (κ3) is 3.92. The van der Waals surface area contributed by atoms with Crippen LogP contribution in [0.1, 0.15) is 34.5 Å². The molecule has 0 saturated heterocycles. The van der Waals surface area contributed by atoms with Gasteiger partial charge in [-0.1, -0.05) is 6.07 Å². The number of nitrogens with one attached hydrogen (secondary N) is 2. The lowest BCUT2D eigenvalue weighted by molar-refractivity contribution is -0.123. The summed E-state index contributed by atoms with van der Waals surface area (Å²) in [5.74, 6) is 0.198. The molecule has 0 radical (unpaired) electrons. The van der Waals surface area contributed by atoms with Crippen LogP contribution in [0.2, 0.25) is 0 Å². The predicted octanol–water partition coefficient (Wildman–Crippen LogP) is 2.39. The Morgan fingerprint density at radius 3 is 2.67 bits per heavy atom. The van der Waals surface area contributed by atoms with Crippen molar-refractivity contribution in [2.24, 2.45) is 5.92 Å². The number of benzene rings is 1. The van der Waals surface area contributed by atoms with Gasteiger partial charge in [-0.25, -0.2) is 4.98 Å². The molecule has 0 bridgehead atoms. The Labute approximate surface area is 156 Å². The molecule has 138 valence electrons. The highest BCUT2D eigenvalue weighted by atomic mass is 16.5. The second-order valence-electron chi connectivity index (χ2n) is 6.69. The van der Waals surface area contributed by atoms with Crippen molar-refractivity contribution in [2.45, 2.75) is 26.4 Å². The molecular formula is C20H20N4O3. The van der Waals surface area contributed by atoms with Crippen LogP contribution in [0.4, 0.5) is 0 Å². The van der Waals surface area contributed by atoms with Crippen molar-refractivity contribution in [1.82, 2.24) is 20.2 Å². The zero-order valence-electron chi connectivity index (χ0n) is 14.9. The van der Waals surface area contributed by atoms with Gasteiger partial charge in [0.05, 0.1) is 5.69 Å². The normalized spacial score (nSPS) is 13.4. The number of hydrazine groups is 1. The Hall–Kier alpha value is -3.35. The summed E-state index contributed by atoms with van der Waals surface area (Å²) in [6.07, 6.45) is 5.67. The molecular weight excluding hydrogens is 344 g/mol. The summed E-state index contributed by atoms with van der Waals surface area (Å²) in [5.41, 5.74) is 8.16. The van der Waals surface area contributed by atoms with Crippen molar-refractivity contribution in [2.75, 3.05) is 0 Å². The molecule has 1 aliphatic carbocycles. The van der Waals surface area contributed by atoms with Gasteiger partial charge in [-0.15, -0.1) is 0 Å². The SMILES string of the molecule is Cc1cccn2cc(COc3ccc(C(=O)NNC(=O)C4CC4)cc3)nc12. The minimum Gasteiger partial charge on any atom is -0.487 e. The molecule has 1 saturated carbocycles. The van der Waals surface area contributed by atoms with Gasteiger partial charge in [-0.3, -0.25) is 20.4 Å². The number of carbonyl (C=O) groups excluding carboxylic acids is 2. The fraction of sp³-hybridized carbons (Fsp3) is 0.250. The van der Waals surface area contributed by atoms with E-state index in [1.54, 1.807) is 24.3 Å². The van der Waals surface area contributed by atoms with Gasteiger partial charge >= 0.3 is 0 Å². The molecule has 1 aliphatic rings. The van der Waals surface area contributed by atoms with Gasteiger partial charge in [-0.05, 0) is 55.7 Å². The van der Waals surface area contributed by atoms with Crippen molar-refractivity contribution >= 4 is 17.5 Å². The first kappa shape index (κ1) is 17.1. The molecule has 27 heavy (non-hydrogen) atoms. The lowest BCUT2D eigenvalue weighted by atomic mass is 10.2. The maximum atomic E-state index is 12.0. The lowest BCUT2D eigenvalue weighted by Crippen LogP contribution is -2.42. The lowest BCUT2D eigenvalue weighted by Gasteiger charge is -2.08. The summed E-state index contributed by atoms with van der Waals surface area (Å²) in [7, 11) is 0. The summed E-state index contributed by atoms with van der Waals surface area (Å²) in [6.45, 7) is 2.36. The molecule has 2 N–H and O–H groups in total. The molecule has 1 aromatic carbocycles. The van der Waals surface area contributed by atoms with E-state index in [4.69, 9.17) is 4.74 Å². The fourth-order valence-electron chi connectivity index (χ4n) is 2.77. The van der Waals surface area contributed by atoms with Gasteiger partial charge in [0, 0.05) is 23.9 Å². The predicted molar refractivity (Wildman–Crippen MR) is 99.0 cm³/mol. The second kappa shape index (κ2) is 7.11. The summed E-state index contributed by atoms with van der Waals surface area (Å²) < 4.78 is 7.73. The topological polar surface area (TPSA) is 84.7 Å². The third-order valence-electron chi connectivity index (χ3n) is 4.48. The molecule has 1 fully saturated rings. The number of aryl methyl sites for hydroxylation is 1. The standard InChI is InChI=1S/C20H20N4O3/c1-13-3-2-10-24-11-16(21-18(13)24)12-27-17-8-6-15(7-9-17)20(26)23-22-19(25)14-4-5-14/h2-3,6-11,14H,4-5,12H2,1H3,(H,22,25)(H,23,26). The van der Waals surface area contributed by atoms with Crippen LogP contribution in [0.5, 0.6) is 5.75 Å². The second-order valence-corrected chi connectivity index (χ2v) is 6.69. The molecule has 3 aromatic rings. The summed E-state index contributed by atoms with van der Waals surface area (Å²) in [6, 6.07) is 10.7. The number of fused-ring (bicyclic) bond motifs is 1. The van der Waals surface area contributed by atoms with Crippen molar-refractivity contribution in [3.8, 4) is 5.75 Å². The van der Waals surface area contributed by atoms with Crippen LogP contribution >= 0.6 is 0 Å². The molecule has 0 atom stereocenters. The third-order valence-corrected chi connectivity index (χ3v) is 4.48. The summed E-state index contributed by atoms with van der Waals surface area (Å²) in [5, 5.41) is 0. The van der Waals surface area contributed by atoms with Gasteiger partial charge < -0.3 is 9.14 Å². The molecule has 4 rings (SSSR count). The number of hydrogen-bond acceptors (Lipinski definition) is 4. The minimum absolute atomic E-state index is 0.0458. The average molecular weight is 364 g/mol. The van der Waals surface area contributed by atoms with Crippen molar-refractivity contribution in [3.05, 3.63) is 65.6 Å². The number of carbonyl (C=O) groups is 2. The molecule has 2 heterocycles. The number of ether oxygens (including phenoxy) is 1. The van der Waals surface area contributed by atoms with Crippen LogP contribution in [0, 0.1) is 12.8 Å². The largest absolute Gasteiger partial charge is 0.487 e. The van der Waals surface area contributed by atoms with E-state index in [0.717, 1.165) is 29.7 Å². The Balaban J connectivity index is 1.33. The van der Waals surface area contributed by atoms with E-state index in [1.807, 2.05) is 35.9 Å². The number of nitrogens with zero attached hydrogens (tertiary/aromatic N) is 2. The average Bonchev–Trinajstić information content (AvgIpc) is 3.44. The number of imidazole rings is 1. The molecule has 0 aliphatic heterocycles. The van der Waals surface area contributed by atoms with Crippen LogP contribution < -0.4 is 15.6 Å². The van der Waals surface area contributed by atoms with Crippen molar-refractivity contribution in [1.29, 1.82) is 0 Å². The van der Waals surface area contributed by atoms with Crippen molar-refractivity contribution in [3.63, 3.8) is 0 Å². The van der Waals surface area contributed by atoms with Gasteiger partial charge in [0.1, 0.15) is 18.0 Å². The van der Waals surface area contributed by atoms with Gasteiger partial charge in [0.25, 0.3) is 5.91 Å². The molecule has 7 heteroatoms. The van der Waals surface area contributed by atoms with Crippen LogP contribution in [0.25, 0.3) is 5.65 Å². The van der Waals surface area contributed by atoms with E-state index in [9.17, 15) is 9.59 Å². The Bertz CT molecular complexity index is 990. The van der Waals surface area contributed by atoms with Crippen LogP contribution in [0.3, 0.4) is 0 Å². The smallest absolute Gasteiger partial charge is 0.269 e. The first-order valence-corrected chi connectivity index (χ1v) is 8.86. The van der Waals surface area contributed by atoms with Crippen LogP contribution in [-0.2, 0) is 11.4 Å². The Kier molecular flexibility index (Phi) is 4.50. The molecule has 0 spiro atoms. The van der Waals surface area contributed by atoms with E-state index in [2.05, 4.69) is 15.8 Å². The number of hydrogen-bond donors (Lipinski definition) is 2. The van der Waals surface area contributed by atoms with Gasteiger partial charge in [0.15, 0.2) is 0 Å². The monoisotopic (exact) mass is 364 g/mol. The first-order chi connectivity index (χ1) is 13.1. The molecule has 7 nitrogen and oxygen atoms in total. The van der Waals surface area contributed by atoms with Crippen molar-refractivity contribution < 1.29 is 14.3 Å². The molecule has 2 amide bonds. The Morgan fingerprint density at radius 2 is 1.96 bits per heavy atom. The van der Waals surface area contributed by atoms with Crippen LogP contribution in [0.15, 0.2) is 48.8 Å². The quantitative estimate of drug-likeness (QED) is 0.681. The highest BCUT2D eigenvalue weighted by molar-refractivity contribution is 5.95. The summed E-state index contributed by atoms with van der Waals surface area (Å²) >= 11 is 0. The van der Waals surface area contributed by atoms with Crippen LogP contribution in [-0.4, -0.2) is 21.2 Å². The maximum absolute atomic E-state index is 12.0. The summed E-state index contributed by atoms with van der Waals surface area (Å²) in [4.78, 5) is 28.1. The number of pyridine rings is 1. The first-order valence-electron chi connectivity index (χ1n) is 8.86. The van der Waals surface area contributed by atoms with E-state index >= 15 is 0 Å². The fourth-order valence-corrected chi connectivity index (χ4v) is 2.77. The van der Waals surface area contributed by atoms with Gasteiger partial charge in [-0.2, -0.15) is 0 Å². The molecule has 2 aromatic heterocycles. The zero-order valence-corrected chi connectivity index (χ0v) is 14.9. The van der Waals surface area contributed by atoms with E-state index in [-0.39, 0.29) is 17.7 Å². The number of rotatable bonds is 5. The van der Waals surface area contributed by atoms with E-state index < -0.39 is 0 Å². The molecule has 0 unspecified atom stereocenters. The zero-order chi connectivity index (χ0) is 18.8. The minimum atomic E-state index is -0.355. The highest BCUT2D eigenvalue weighted by Gasteiger charge is 2.29.